The normalized spacial score (nSPS) is 22.1. The number of aromatic nitrogens is 2. The lowest BCUT2D eigenvalue weighted by atomic mass is 10.2. The van der Waals surface area contributed by atoms with Gasteiger partial charge in [-0.1, -0.05) is 6.92 Å². The Labute approximate surface area is 107 Å². The van der Waals surface area contributed by atoms with Gasteiger partial charge in [0.1, 0.15) is 12.1 Å². The summed E-state index contributed by atoms with van der Waals surface area (Å²) in [6.45, 7) is 3.36. The van der Waals surface area contributed by atoms with Crippen molar-refractivity contribution in [1.29, 1.82) is 0 Å². The van der Waals surface area contributed by atoms with Crippen LogP contribution in [-0.4, -0.2) is 23.6 Å². The highest BCUT2D eigenvalue weighted by molar-refractivity contribution is 5.91. The second kappa shape index (κ2) is 4.12. The van der Waals surface area contributed by atoms with E-state index >= 15 is 0 Å². The van der Waals surface area contributed by atoms with Gasteiger partial charge in [0.2, 0.25) is 0 Å². The van der Waals surface area contributed by atoms with Crippen molar-refractivity contribution in [2.24, 2.45) is 11.8 Å². The van der Waals surface area contributed by atoms with Crippen LogP contribution in [0, 0.1) is 11.8 Å². The Morgan fingerprint density at radius 2 is 2.17 bits per heavy atom. The molecule has 0 saturated heterocycles. The van der Waals surface area contributed by atoms with Gasteiger partial charge in [0, 0.05) is 24.7 Å². The number of nitrogens with zero attached hydrogens (tertiary/aromatic N) is 3. The van der Waals surface area contributed by atoms with Crippen molar-refractivity contribution in [3.05, 3.63) is 24.5 Å². The molecule has 18 heavy (non-hydrogen) atoms. The summed E-state index contributed by atoms with van der Waals surface area (Å²) in [5.74, 6) is 2.64. The van der Waals surface area contributed by atoms with Gasteiger partial charge < -0.3 is 10.6 Å². The first kappa shape index (κ1) is 11.3. The first-order chi connectivity index (χ1) is 8.65. The van der Waals surface area contributed by atoms with Crippen LogP contribution in [0.15, 0.2) is 24.5 Å². The van der Waals surface area contributed by atoms with Gasteiger partial charge in [-0.3, -0.25) is 0 Å². The Hall–Kier alpha value is -1.84. The number of anilines is 2. The average Bonchev–Trinajstić information content (AvgIpc) is 3.03. The quantitative estimate of drug-likeness (QED) is 0.839. The molecule has 1 aliphatic rings. The first-order valence-electron chi connectivity index (χ1n) is 6.36. The van der Waals surface area contributed by atoms with E-state index in [1.54, 1.807) is 6.33 Å². The van der Waals surface area contributed by atoms with Gasteiger partial charge in [0.05, 0.1) is 5.52 Å². The third-order valence-electron chi connectivity index (χ3n) is 3.78. The smallest absolute Gasteiger partial charge is 0.139 e. The Morgan fingerprint density at radius 1 is 1.39 bits per heavy atom. The van der Waals surface area contributed by atoms with E-state index in [9.17, 15) is 0 Å². The molecule has 2 N–H and O–H groups in total. The number of hydrogen-bond acceptors (Lipinski definition) is 4. The van der Waals surface area contributed by atoms with Crippen LogP contribution in [0.2, 0.25) is 0 Å². The molecule has 0 spiro atoms. The maximum Gasteiger partial charge on any atom is 0.139 e. The molecule has 1 fully saturated rings. The SMILES string of the molecule is CC1CC1CN(C)c1ncnc2ccc(N)cc12. The van der Waals surface area contributed by atoms with Crippen molar-refractivity contribution in [3.63, 3.8) is 0 Å². The summed E-state index contributed by atoms with van der Waals surface area (Å²) in [6, 6.07) is 5.78. The number of rotatable bonds is 3. The summed E-state index contributed by atoms with van der Waals surface area (Å²) in [6.07, 6.45) is 2.95. The number of benzene rings is 1. The molecule has 0 aliphatic heterocycles. The highest BCUT2D eigenvalue weighted by atomic mass is 15.2. The number of fused-ring (bicyclic) bond motifs is 1. The monoisotopic (exact) mass is 242 g/mol. The molecule has 0 amide bonds. The van der Waals surface area contributed by atoms with Crippen LogP contribution < -0.4 is 10.6 Å². The van der Waals surface area contributed by atoms with Gasteiger partial charge >= 0.3 is 0 Å². The van der Waals surface area contributed by atoms with Crippen molar-refractivity contribution in [3.8, 4) is 0 Å². The Kier molecular flexibility index (Phi) is 2.58. The zero-order valence-electron chi connectivity index (χ0n) is 10.8. The summed E-state index contributed by atoms with van der Waals surface area (Å²) < 4.78 is 0. The summed E-state index contributed by atoms with van der Waals surface area (Å²) in [4.78, 5) is 10.9. The third kappa shape index (κ3) is 1.98. The predicted octanol–water partition coefficient (Wildman–Crippen LogP) is 2.30. The molecular weight excluding hydrogens is 224 g/mol. The standard InChI is InChI=1S/C14H18N4/c1-9-5-10(9)7-18(2)14-12-6-11(15)3-4-13(12)16-8-17-14/h3-4,6,8-10H,5,7,15H2,1-2H3. The molecule has 1 aromatic heterocycles. The van der Waals surface area contributed by atoms with Gasteiger partial charge in [-0.15, -0.1) is 0 Å². The number of hydrogen-bond donors (Lipinski definition) is 1. The molecule has 0 radical (unpaired) electrons. The van der Waals surface area contributed by atoms with Crippen LogP contribution in [0.5, 0.6) is 0 Å². The molecule has 94 valence electrons. The van der Waals surface area contributed by atoms with Gasteiger partial charge in [0.25, 0.3) is 0 Å². The molecule has 2 atom stereocenters. The first-order valence-corrected chi connectivity index (χ1v) is 6.36. The van der Waals surface area contributed by atoms with E-state index < -0.39 is 0 Å². The molecular formula is C14H18N4. The van der Waals surface area contributed by atoms with E-state index in [2.05, 4.69) is 28.8 Å². The van der Waals surface area contributed by atoms with Crippen molar-refractivity contribution in [2.45, 2.75) is 13.3 Å². The molecule has 0 bridgehead atoms. The Morgan fingerprint density at radius 3 is 2.89 bits per heavy atom. The van der Waals surface area contributed by atoms with Gasteiger partial charge in [-0.25, -0.2) is 9.97 Å². The average molecular weight is 242 g/mol. The summed E-state index contributed by atoms with van der Waals surface area (Å²) in [5, 5.41) is 1.04. The molecule has 1 aromatic carbocycles. The molecule has 1 saturated carbocycles. The molecule has 1 aliphatic carbocycles. The highest BCUT2D eigenvalue weighted by Gasteiger charge is 2.33. The summed E-state index contributed by atoms with van der Waals surface area (Å²) in [5.41, 5.74) is 7.56. The molecule has 3 rings (SSSR count). The third-order valence-corrected chi connectivity index (χ3v) is 3.78. The van der Waals surface area contributed by atoms with Gasteiger partial charge in [-0.2, -0.15) is 0 Å². The zero-order chi connectivity index (χ0) is 12.7. The van der Waals surface area contributed by atoms with E-state index in [1.165, 1.54) is 6.42 Å². The zero-order valence-corrected chi connectivity index (χ0v) is 10.8. The second-order valence-corrected chi connectivity index (χ2v) is 5.33. The van der Waals surface area contributed by atoms with Crippen molar-refractivity contribution >= 4 is 22.4 Å². The number of nitrogen functional groups attached to an aromatic ring is 1. The summed E-state index contributed by atoms with van der Waals surface area (Å²) in [7, 11) is 2.09. The van der Waals surface area contributed by atoms with Crippen molar-refractivity contribution < 1.29 is 0 Å². The van der Waals surface area contributed by atoms with E-state index in [0.29, 0.717) is 0 Å². The molecule has 1 heterocycles. The summed E-state index contributed by atoms with van der Waals surface area (Å²) >= 11 is 0. The lowest BCUT2D eigenvalue weighted by Gasteiger charge is -2.19. The van der Waals surface area contributed by atoms with Crippen molar-refractivity contribution in [2.75, 3.05) is 24.2 Å². The highest BCUT2D eigenvalue weighted by Crippen LogP contribution is 2.39. The molecule has 2 unspecified atom stereocenters. The maximum atomic E-state index is 5.85. The maximum absolute atomic E-state index is 5.85. The largest absolute Gasteiger partial charge is 0.399 e. The topological polar surface area (TPSA) is 55.0 Å². The fourth-order valence-electron chi connectivity index (χ4n) is 2.46. The lowest BCUT2D eigenvalue weighted by Crippen LogP contribution is -2.22. The predicted molar refractivity (Wildman–Crippen MR) is 74.5 cm³/mol. The molecule has 2 aromatic rings. The lowest BCUT2D eigenvalue weighted by molar-refractivity contribution is 0.721. The fraction of sp³-hybridized carbons (Fsp3) is 0.429. The van der Waals surface area contributed by atoms with E-state index in [0.717, 1.165) is 40.8 Å². The van der Waals surface area contributed by atoms with E-state index in [1.807, 2.05) is 18.2 Å². The van der Waals surface area contributed by atoms with Crippen LogP contribution in [0.25, 0.3) is 10.9 Å². The Balaban J connectivity index is 1.97. The Bertz CT molecular complexity index is 581. The van der Waals surface area contributed by atoms with Gasteiger partial charge in [0.15, 0.2) is 0 Å². The minimum atomic E-state index is 0.756. The van der Waals surface area contributed by atoms with E-state index in [-0.39, 0.29) is 0 Å². The van der Waals surface area contributed by atoms with Crippen LogP contribution in [0.3, 0.4) is 0 Å². The number of nitrogens with two attached hydrogens (primary N) is 1. The molecule has 4 nitrogen and oxygen atoms in total. The minimum Gasteiger partial charge on any atom is -0.399 e. The van der Waals surface area contributed by atoms with Crippen LogP contribution >= 0.6 is 0 Å². The van der Waals surface area contributed by atoms with Crippen LogP contribution in [0.4, 0.5) is 11.5 Å². The van der Waals surface area contributed by atoms with Crippen LogP contribution in [-0.2, 0) is 0 Å². The van der Waals surface area contributed by atoms with Crippen molar-refractivity contribution in [1.82, 2.24) is 9.97 Å². The fourth-order valence-corrected chi connectivity index (χ4v) is 2.46. The van der Waals surface area contributed by atoms with Crippen LogP contribution in [0.1, 0.15) is 13.3 Å². The minimum absolute atomic E-state index is 0.756. The second-order valence-electron chi connectivity index (χ2n) is 5.33. The molecule has 4 heteroatoms. The van der Waals surface area contributed by atoms with E-state index in [4.69, 9.17) is 5.73 Å². The van der Waals surface area contributed by atoms with Gasteiger partial charge in [-0.05, 0) is 36.5 Å².